The van der Waals surface area contributed by atoms with Crippen LogP contribution >= 0.6 is 11.8 Å². The number of anilines is 1. The van der Waals surface area contributed by atoms with E-state index in [4.69, 9.17) is 5.73 Å². The molecule has 0 amide bonds. The molecule has 0 radical (unpaired) electrons. The molecule has 1 aliphatic rings. The quantitative estimate of drug-likeness (QED) is 0.621. The number of para-hydroxylation sites is 1. The molecule has 1 aromatic carbocycles. The van der Waals surface area contributed by atoms with Crippen molar-refractivity contribution >= 4 is 17.4 Å². The molecule has 1 aromatic rings. The zero-order valence-electron chi connectivity index (χ0n) is 9.82. The number of nitrogens with two attached hydrogens (primary N) is 1. The van der Waals surface area contributed by atoms with Gasteiger partial charge in [-0.3, -0.25) is 0 Å². The Kier molecular flexibility index (Phi) is 4.58. The van der Waals surface area contributed by atoms with Crippen LogP contribution in [0.25, 0.3) is 0 Å². The van der Waals surface area contributed by atoms with E-state index in [0.717, 1.165) is 18.0 Å². The summed E-state index contributed by atoms with van der Waals surface area (Å²) < 4.78 is 0. The van der Waals surface area contributed by atoms with Crippen LogP contribution in [0.3, 0.4) is 0 Å². The smallest absolute Gasteiger partial charge is 0.0346 e. The van der Waals surface area contributed by atoms with Gasteiger partial charge in [0, 0.05) is 5.69 Å². The molecule has 1 nitrogen and oxygen atoms in total. The van der Waals surface area contributed by atoms with Crippen LogP contribution in [0.15, 0.2) is 24.3 Å². The highest BCUT2D eigenvalue weighted by molar-refractivity contribution is 7.99. The molecule has 0 aromatic heterocycles. The second kappa shape index (κ2) is 6.19. The molecule has 88 valence electrons. The van der Waals surface area contributed by atoms with Crippen molar-refractivity contribution in [3.63, 3.8) is 0 Å². The summed E-state index contributed by atoms with van der Waals surface area (Å²) in [4.78, 5) is 0. The molecule has 0 unspecified atom stereocenters. The predicted octanol–water partition coefficient (Wildman–Crippen LogP) is 3.73. The lowest BCUT2D eigenvalue weighted by atomic mass is 10.1. The molecule has 0 spiro atoms. The number of thioether (sulfide) groups is 1. The number of hydrogen-bond donors (Lipinski definition) is 1. The lowest BCUT2D eigenvalue weighted by Crippen LogP contribution is -2.00. The third kappa shape index (κ3) is 3.44. The molecule has 0 atom stereocenters. The van der Waals surface area contributed by atoms with Gasteiger partial charge in [-0.15, -0.1) is 0 Å². The normalized spacial score (nSPS) is 16.8. The van der Waals surface area contributed by atoms with Crippen LogP contribution < -0.4 is 5.73 Å². The van der Waals surface area contributed by atoms with E-state index in [2.05, 4.69) is 23.9 Å². The molecule has 16 heavy (non-hydrogen) atoms. The van der Waals surface area contributed by atoms with Gasteiger partial charge in [-0.2, -0.15) is 11.8 Å². The van der Waals surface area contributed by atoms with Gasteiger partial charge in [-0.05, 0) is 48.3 Å². The van der Waals surface area contributed by atoms with E-state index in [-0.39, 0.29) is 0 Å². The molecule has 0 aliphatic heterocycles. The highest BCUT2D eigenvalue weighted by Gasteiger charge is 2.14. The fourth-order valence-corrected chi connectivity index (χ4v) is 3.57. The SMILES string of the molecule is Nc1ccccc1CCSCC1CCCC1. The Bertz CT molecular complexity index is 318. The van der Waals surface area contributed by atoms with Crippen molar-refractivity contribution in [1.82, 2.24) is 0 Å². The summed E-state index contributed by atoms with van der Waals surface area (Å²) >= 11 is 2.10. The minimum Gasteiger partial charge on any atom is -0.399 e. The van der Waals surface area contributed by atoms with E-state index in [1.807, 2.05) is 12.1 Å². The molecule has 2 N–H and O–H groups in total. The van der Waals surface area contributed by atoms with E-state index in [1.54, 1.807) is 0 Å². The van der Waals surface area contributed by atoms with Crippen LogP contribution in [-0.4, -0.2) is 11.5 Å². The van der Waals surface area contributed by atoms with Gasteiger partial charge in [-0.25, -0.2) is 0 Å². The van der Waals surface area contributed by atoms with Crippen LogP contribution in [-0.2, 0) is 6.42 Å². The first-order valence-electron chi connectivity index (χ1n) is 6.27. The second-order valence-corrected chi connectivity index (χ2v) is 5.82. The average molecular weight is 235 g/mol. The maximum atomic E-state index is 5.92. The number of hydrogen-bond acceptors (Lipinski definition) is 2. The van der Waals surface area contributed by atoms with Gasteiger partial charge < -0.3 is 5.73 Å². The summed E-state index contributed by atoms with van der Waals surface area (Å²) in [5, 5.41) is 0. The molecule has 0 saturated heterocycles. The van der Waals surface area contributed by atoms with Gasteiger partial charge in [0.25, 0.3) is 0 Å². The molecule has 1 aliphatic carbocycles. The number of benzene rings is 1. The van der Waals surface area contributed by atoms with Gasteiger partial charge >= 0.3 is 0 Å². The topological polar surface area (TPSA) is 26.0 Å². The van der Waals surface area contributed by atoms with Crippen molar-refractivity contribution in [1.29, 1.82) is 0 Å². The minimum atomic E-state index is 0.948. The van der Waals surface area contributed by atoms with E-state index in [9.17, 15) is 0 Å². The van der Waals surface area contributed by atoms with Crippen molar-refractivity contribution in [3.05, 3.63) is 29.8 Å². The Morgan fingerprint density at radius 1 is 1.19 bits per heavy atom. The highest BCUT2D eigenvalue weighted by atomic mass is 32.2. The maximum Gasteiger partial charge on any atom is 0.0346 e. The van der Waals surface area contributed by atoms with Crippen molar-refractivity contribution in [2.45, 2.75) is 32.1 Å². The Hall–Kier alpha value is -0.630. The van der Waals surface area contributed by atoms with Gasteiger partial charge in [0.2, 0.25) is 0 Å². The average Bonchev–Trinajstić information content (AvgIpc) is 2.79. The molecule has 0 bridgehead atoms. The first-order chi connectivity index (χ1) is 7.86. The number of rotatable bonds is 5. The molecule has 1 fully saturated rings. The first kappa shape index (κ1) is 11.8. The second-order valence-electron chi connectivity index (χ2n) is 4.67. The van der Waals surface area contributed by atoms with Crippen molar-refractivity contribution < 1.29 is 0 Å². The standard InChI is InChI=1S/C14H21NS/c15-14-8-4-3-7-13(14)9-10-16-11-12-5-1-2-6-12/h3-4,7-8,12H,1-2,5-6,9-11,15H2. The monoisotopic (exact) mass is 235 g/mol. The minimum absolute atomic E-state index is 0.948. The fourth-order valence-electron chi connectivity index (χ4n) is 2.37. The summed E-state index contributed by atoms with van der Waals surface area (Å²) in [6.07, 6.45) is 6.94. The number of aryl methyl sites for hydroxylation is 1. The van der Waals surface area contributed by atoms with Gasteiger partial charge in [0.15, 0.2) is 0 Å². The van der Waals surface area contributed by atoms with Crippen LogP contribution in [0, 0.1) is 5.92 Å². The van der Waals surface area contributed by atoms with Crippen molar-refractivity contribution in [2.24, 2.45) is 5.92 Å². The van der Waals surface area contributed by atoms with E-state index >= 15 is 0 Å². The Balaban J connectivity index is 1.66. The van der Waals surface area contributed by atoms with Gasteiger partial charge in [0.05, 0.1) is 0 Å². The molecule has 2 rings (SSSR count). The third-order valence-corrected chi connectivity index (χ3v) is 4.60. The fraction of sp³-hybridized carbons (Fsp3) is 0.571. The molecule has 1 saturated carbocycles. The maximum absolute atomic E-state index is 5.92. The first-order valence-corrected chi connectivity index (χ1v) is 7.43. The lowest BCUT2D eigenvalue weighted by Gasteiger charge is -2.09. The van der Waals surface area contributed by atoms with E-state index < -0.39 is 0 Å². The zero-order chi connectivity index (χ0) is 11.2. The van der Waals surface area contributed by atoms with Gasteiger partial charge in [0.1, 0.15) is 0 Å². The summed E-state index contributed by atoms with van der Waals surface area (Å²) in [5.41, 5.74) is 8.17. The van der Waals surface area contributed by atoms with E-state index in [1.165, 1.54) is 42.8 Å². The van der Waals surface area contributed by atoms with Gasteiger partial charge in [-0.1, -0.05) is 31.0 Å². The van der Waals surface area contributed by atoms with E-state index in [0.29, 0.717) is 0 Å². The molecular weight excluding hydrogens is 214 g/mol. The Morgan fingerprint density at radius 2 is 1.94 bits per heavy atom. The summed E-state index contributed by atoms with van der Waals surface area (Å²) in [7, 11) is 0. The highest BCUT2D eigenvalue weighted by Crippen LogP contribution is 2.28. The largest absolute Gasteiger partial charge is 0.399 e. The third-order valence-electron chi connectivity index (χ3n) is 3.40. The lowest BCUT2D eigenvalue weighted by molar-refractivity contribution is 0.623. The predicted molar refractivity (Wildman–Crippen MR) is 73.8 cm³/mol. The van der Waals surface area contributed by atoms with Crippen LogP contribution in [0.4, 0.5) is 5.69 Å². The number of nitrogen functional groups attached to an aromatic ring is 1. The van der Waals surface area contributed by atoms with Crippen molar-refractivity contribution in [3.8, 4) is 0 Å². The van der Waals surface area contributed by atoms with Crippen molar-refractivity contribution in [2.75, 3.05) is 17.2 Å². The summed E-state index contributed by atoms with van der Waals surface area (Å²) in [5.74, 6) is 3.57. The summed E-state index contributed by atoms with van der Waals surface area (Å²) in [6.45, 7) is 0. The zero-order valence-corrected chi connectivity index (χ0v) is 10.6. The Labute approximate surface area is 103 Å². The Morgan fingerprint density at radius 3 is 2.69 bits per heavy atom. The molecule has 2 heteroatoms. The van der Waals surface area contributed by atoms with Crippen LogP contribution in [0.2, 0.25) is 0 Å². The summed E-state index contributed by atoms with van der Waals surface area (Å²) in [6, 6.07) is 8.22. The van der Waals surface area contributed by atoms with Crippen LogP contribution in [0.1, 0.15) is 31.2 Å². The molecular formula is C14H21NS. The molecule has 0 heterocycles. The van der Waals surface area contributed by atoms with Crippen LogP contribution in [0.5, 0.6) is 0 Å².